The van der Waals surface area contributed by atoms with Crippen molar-refractivity contribution in [3.05, 3.63) is 64.7 Å². The number of halogens is 1. The summed E-state index contributed by atoms with van der Waals surface area (Å²) in [5, 5.41) is 6.90. The van der Waals surface area contributed by atoms with Crippen LogP contribution in [-0.2, 0) is 5.75 Å². The molecule has 1 amide bonds. The number of amides is 1. The Hall–Kier alpha value is -1.49. The summed E-state index contributed by atoms with van der Waals surface area (Å²) in [6, 6.07) is 16.1. The minimum absolute atomic E-state index is 0. The molecule has 2 unspecified atom stereocenters. The molecule has 2 fully saturated rings. The van der Waals surface area contributed by atoms with Gasteiger partial charge in [-0.2, -0.15) is 0 Å². The summed E-state index contributed by atoms with van der Waals surface area (Å²) in [5.74, 6) is 0.947. The maximum Gasteiger partial charge on any atom is 0.251 e. The van der Waals surface area contributed by atoms with Crippen molar-refractivity contribution in [1.82, 2.24) is 10.6 Å². The molecular formula is C23H29ClN2OS. The van der Waals surface area contributed by atoms with Gasteiger partial charge in [0.1, 0.15) is 0 Å². The van der Waals surface area contributed by atoms with Gasteiger partial charge in [-0.1, -0.05) is 29.8 Å². The number of thioether (sulfide) groups is 1. The maximum atomic E-state index is 12.7. The number of nitrogens with one attached hydrogen (secondary N) is 2. The van der Waals surface area contributed by atoms with Crippen LogP contribution in [0.25, 0.3) is 0 Å². The molecule has 2 bridgehead atoms. The number of piperidine rings is 1. The van der Waals surface area contributed by atoms with E-state index in [2.05, 4.69) is 48.7 Å². The third kappa shape index (κ3) is 5.11. The Morgan fingerprint density at radius 2 is 1.86 bits per heavy atom. The molecule has 0 radical (unpaired) electrons. The van der Waals surface area contributed by atoms with Gasteiger partial charge in [0.25, 0.3) is 5.91 Å². The van der Waals surface area contributed by atoms with Crippen LogP contribution in [0.2, 0.25) is 0 Å². The number of carbonyl (C=O) groups excluding carboxylic acids is 1. The third-order valence-electron chi connectivity index (χ3n) is 5.74. The molecule has 4 rings (SSSR count). The molecule has 2 heterocycles. The Kier molecular flexibility index (Phi) is 7.08. The number of benzene rings is 2. The SMILES string of the molecule is Cc1ccc(C)c(SCc2cccc(C(=O)NC3CC4CCC(C3)N4)c2)c1.Cl. The molecule has 5 heteroatoms. The van der Waals surface area contributed by atoms with Gasteiger partial charge in [0.05, 0.1) is 0 Å². The van der Waals surface area contributed by atoms with E-state index in [0.29, 0.717) is 18.1 Å². The largest absolute Gasteiger partial charge is 0.349 e. The van der Waals surface area contributed by atoms with Crippen LogP contribution in [0.3, 0.4) is 0 Å². The van der Waals surface area contributed by atoms with Crippen LogP contribution in [0.15, 0.2) is 47.4 Å². The molecular weight excluding hydrogens is 388 g/mol. The molecule has 0 aromatic heterocycles. The summed E-state index contributed by atoms with van der Waals surface area (Å²) in [7, 11) is 0. The van der Waals surface area contributed by atoms with E-state index in [1.165, 1.54) is 34.4 Å². The van der Waals surface area contributed by atoms with Gasteiger partial charge in [-0.25, -0.2) is 0 Å². The number of carbonyl (C=O) groups is 1. The van der Waals surface area contributed by atoms with E-state index in [-0.39, 0.29) is 18.3 Å². The fourth-order valence-electron chi connectivity index (χ4n) is 4.27. The molecule has 2 saturated heterocycles. The predicted molar refractivity (Wildman–Crippen MR) is 120 cm³/mol. The van der Waals surface area contributed by atoms with Gasteiger partial charge in [-0.15, -0.1) is 24.2 Å². The monoisotopic (exact) mass is 416 g/mol. The van der Waals surface area contributed by atoms with Crippen LogP contribution in [0.5, 0.6) is 0 Å². The maximum absolute atomic E-state index is 12.7. The van der Waals surface area contributed by atoms with Crippen LogP contribution in [0.4, 0.5) is 0 Å². The lowest BCUT2D eigenvalue weighted by Crippen LogP contribution is -2.48. The van der Waals surface area contributed by atoms with Crippen molar-refractivity contribution in [3.63, 3.8) is 0 Å². The smallest absolute Gasteiger partial charge is 0.251 e. The fourth-order valence-corrected chi connectivity index (χ4v) is 5.34. The van der Waals surface area contributed by atoms with Gasteiger partial charge in [-0.3, -0.25) is 4.79 Å². The Balaban J connectivity index is 0.00000225. The zero-order valence-corrected chi connectivity index (χ0v) is 18.2. The standard InChI is InChI=1S/C23H28N2OS.ClH/c1-15-6-7-16(2)22(10-15)27-14-17-4-3-5-18(11-17)23(26)25-21-12-19-8-9-20(13-21)24-19;/h3-7,10-11,19-21,24H,8-9,12-14H2,1-2H3,(H,25,26);1H. The predicted octanol–water partition coefficient (Wildman–Crippen LogP) is 5.03. The van der Waals surface area contributed by atoms with Crippen molar-refractivity contribution in [2.24, 2.45) is 0 Å². The van der Waals surface area contributed by atoms with Gasteiger partial charge in [0.15, 0.2) is 0 Å². The molecule has 2 N–H and O–H groups in total. The summed E-state index contributed by atoms with van der Waals surface area (Å²) in [6.45, 7) is 4.28. The van der Waals surface area contributed by atoms with Crippen LogP contribution in [0.1, 0.15) is 52.7 Å². The molecule has 0 aliphatic carbocycles. The molecule has 2 aromatic carbocycles. The van der Waals surface area contributed by atoms with Crippen LogP contribution >= 0.6 is 24.2 Å². The Bertz CT molecular complexity index is 829. The van der Waals surface area contributed by atoms with E-state index in [1.54, 1.807) is 0 Å². The van der Waals surface area contributed by atoms with Crippen molar-refractivity contribution < 1.29 is 4.79 Å². The van der Waals surface area contributed by atoms with Crippen molar-refractivity contribution in [2.45, 2.75) is 68.3 Å². The highest BCUT2D eigenvalue weighted by molar-refractivity contribution is 7.98. The molecule has 28 heavy (non-hydrogen) atoms. The molecule has 0 spiro atoms. The molecule has 3 nitrogen and oxygen atoms in total. The first-order valence-electron chi connectivity index (χ1n) is 9.93. The Morgan fingerprint density at radius 3 is 2.61 bits per heavy atom. The number of fused-ring (bicyclic) bond motifs is 2. The van der Waals surface area contributed by atoms with Crippen molar-refractivity contribution in [3.8, 4) is 0 Å². The summed E-state index contributed by atoms with van der Waals surface area (Å²) in [5.41, 5.74) is 4.56. The Morgan fingerprint density at radius 1 is 1.11 bits per heavy atom. The fraction of sp³-hybridized carbons (Fsp3) is 0.435. The van der Waals surface area contributed by atoms with E-state index in [9.17, 15) is 4.79 Å². The molecule has 2 aromatic rings. The van der Waals surface area contributed by atoms with Crippen LogP contribution in [0, 0.1) is 13.8 Å². The first kappa shape index (κ1) is 21.2. The summed E-state index contributed by atoms with van der Waals surface area (Å²) in [6.07, 6.45) is 4.62. The van der Waals surface area contributed by atoms with E-state index >= 15 is 0 Å². The average molecular weight is 417 g/mol. The molecule has 0 saturated carbocycles. The highest BCUT2D eigenvalue weighted by Crippen LogP contribution is 2.28. The van der Waals surface area contributed by atoms with Crippen LogP contribution in [-0.4, -0.2) is 24.0 Å². The second kappa shape index (κ2) is 9.34. The van der Waals surface area contributed by atoms with Crippen molar-refractivity contribution in [1.29, 1.82) is 0 Å². The zero-order chi connectivity index (χ0) is 18.8. The number of aryl methyl sites for hydroxylation is 2. The second-order valence-corrected chi connectivity index (χ2v) is 9.05. The quantitative estimate of drug-likeness (QED) is 0.671. The first-order valence-corrected chi connectivity index (χ1v) is 10.9. The van der Waals surface area contributed by atoms with Gasteiger partial charge in [0, 0.05) is 34.3 Å². The number of rotatable bonds is 5. The van der Waals surface area contributed by atoms with E-state index < -0.39 is 0 Å². The van der Waals surface area contributed by atoms with Crippen molar-refractivity contribution in [2.75, 3.05) is 0 Å². The van der Waals surface area contributed by atoms with Gasteiger partial charge < -0.3 is 10.6 Å². The Labute approximate surface area is 178 Å². The lowest BCUT2D eigenvalue weighted by Gasteiger charge is -2.29. The average Bonchev–Trinajstić information content (AvgIpc) is 3.01. The topological polar surface area (TPSA) is 41.1 Å². The highest BCUT2D eigenvalue weighted by atomic mass is 35.5. The highest BCUT2D eigenvalue weighted by Gasteiger charge is 2.34. The van der Waals surface area contributed by atoms with Crippen LogP contribution < -0.4 is 10.6 Å². The first-order chi connectivity index (χ1) is 13.1. The van der Waals surface area contributed by atoms with Gasteiger partial charge >= 0.3 is 0 Å². The van der Waals surface area contributed by atoms with E-state index in [0.717, 1.165) is 24.2 Å². The summed E-state index contributed by atoms with van der Waals surface area (Å²) < 4.78 is 0. The lowest BCUT2D eigenvalue weighted by atomic mass is 9.99. The molecule has 2 aliphatic heterocycles. The van der Waals surface area contributed by atoms with Gasteiger partial charge in [-0.05, 0) is 68.9 Å². The minimum Gasteiger partial charge on any atom is -0.349 e. The second-order valence-electron chi connectivity index (χ2n) is 8.04. The minimum atomic E-state index is 0. The molecule has 2 atom stereocenters. The zero-order valence-electron chi connectivity index (χ0n) is 16.5. The summed E-state index contributed by atoms with van der Waals surface area (Å²) in [4.78, 5) is 14.0. The number of hydrogen-bond acceptors (Lipinski definition) is 3. The van der Waals surface area contributed by atoms with Crippen molar-refractivity contribution >= 4 is 30.1 Å². The third-order valence-corrected chi connectivity index (χ3v) is 6.96. The molecule has 150 valence electrons. The van der Waals surface area contributed by atoms with E-state index in [1.807, 2.05) is 30.0 Å². The normalized spacial score (nSPS) is 23.1. The lowest BCUT2D eigenvalue weighted by molar-refractivity contribution is 0.0924. The van der Waals surface area contributed by atoms with E-state index in [4.69, 9.17) is 0 Å². The van der Waals surface area contributed by atoms with Gasteiger partial charge in [0.2, 0.25) is 0 Å². The molecule has 2 aliphatic rings. The summed E-state index contributed by atoms with van der Waals surface area (Å²) >= 11 is 1.84. The number of hydrogen-bond donors (Lipinski definition) is 2.